The number of methoxy groups -OCH3 is 1. The van der Waals surface area contributed by atoms with Crippen molar-refractivity contribution in [1.82, 2.24) is 0 Å². The zero-order chi connectivity index (χ0) is 17.7. The quantitative estimate of drug-likeness (QED) is 0.650. The maximum Gasteiger partial charge on any atom is 0.396 e. The predicted molar refractivity (Wildman–Crippen MR) is 91.3 cm³/mol. The smallest absolute Gasteiger partial charge is 0.396 e. The highest BCUT2D eigenvalue weighted by Gasteiger charge is 2.30. The number of nitrogens with one attached hydrogen (secondary N) is 1. The van der Waals surface area contributed by atoms with Gasteiger partial charge < -0.3 is 14.8 Å². The minimum absolute atomic E-state index is 0.256. The van der Waals surface area contributed by atoms with E-state index in [-0.39, 0.29) is 6.61 Å². The summed E-state index contributed by atoms with van der Waals surface area (Å²) in [6.45, 7) is 4.16. The van der Waals surface area contributed by atoms with Crippen LogP contribution < -0.4 is 5.32 Å². The number of carbonyl (C=O) groups excluding carboxylic acids is 3. The van der Waals surface area contributed by atoms with Crippen LogP contribution in [0.5, 0.6) is 0 Å². The van der Waals surface area contributed by atoms with Crippen LogP contribution in [0.1, 0.15) is 53.9 Å². The van der Waals surface area contributed by atoms with Gasteiger partial charge in [-0.25, -0.2) is 9.59 Å². The highest BCUT2D eigenvalue weighted by molar-refractivity contribution is 7.17. The second-order valence-electron chi connectivity index (χ2n) is 5.77. The third-order valence-corrected chi connectivity index (χ3v) is 5.31. The zero-order valence-corrected chi connectivity index (χ0v) is 15.1. The van der Waals surface area contributed by atoms with Gasteiger partial charge >= 0.3 is 17.8 Å². The van der Waals surface area contributed by atoms with E-state index in [0.717, 1.165) is 49.7 Å². The zero-order valence-electron chi connectivity index (χ0n) is 14.3. The van der Waals surface area contributed by atoms with Crippen molar-refractivity contribution in [2.75, 3.05) is 19.0 Å². The Balaban J connectivity index is 2.33. The molecule has 1 N–H and O–H groups in total. The first kappa shape index (κ1) is 18.4. The summed E-state index contributed by atoms with van der Waals surface area (Å²) in [5.41, 5.74) is 1.34. The Morgan fingerprint density at radius 3 is 2.67 bits per heavy atom. The highest BCUT2D eigenvalue weighted by atomic mass is 32.1. The lowest BCUT2D eigenvalue weighted by Crippen LogP contribution is -2.24. The summed E-state index contributed by atoms with van der Waals surface area (Å²) in [6.07, 6.45) is 4.99. The molecule has 6 nitrogen and oxygen atoms in total. The van der Waals surface area contributed by atoms with Gasteiger partial charge in [-0.15, -0.1) is 11.3 Å². The van der Waals surface area contributed by atoms with Gasteiger partial charge in [0.15, 0.2) is 0 Å². The minimum Gasteiger partial charge on any atom is -0.462 e. The molecule has 0 radical (unpaired) electrons. The van der Waals surface area contributed by atoms with E-state index in [1.54, 1.807) is 6.92 Å². The summed E-state index contributed by atoms with van der Waals surface area (Å²) in [4.78, 5) is 36.6. The molecular weight excluding hydrogens is 330 g/mol. The fraction of sp³-hybridized carbons (Fsp3) is 0.588. The average molecular weight is 353 g/mol. The third kappa shape index (κ3) is 3.95. The lowest BCUT2D eigenvalue weighted by atomic mass is 9.84. The number of hydrogen-bond acceptors (Lipinski definition) is 6. The van der Waals surface area contributed by atoms with Crippen LogP contribution in [0.3, 0.4) is 0 Å². The van der Waals surface area contributed by atoms with Gasteiger partial charge in [-0.05, 0) is 37.7 Å². The third-order valence-electron chi connectivity index (χ3n) is 4.14. The van der Waals surface area contributed by atoms with Crippen molar-refractivity contribution in [2.24, 2.45) is 5.92 Å². The molecule has 24 heavy (non-hydrogen) atoms. The molecule has 0 saturated heterocycles. The van der Waals surface area contributed by atoms with E-state index in [9.17, 15) is 14.4 Å². The Bertz CT molecular complexity index is 637. The summed E-state index contributed by atoms with van der Waals surface area (Å²) >= 11 is 1.36. The van der Waals surface area contributed by atoms with Gasteiger partial charge in [0.2, 0.25) is 0 Å². The molecule has 0 saturated carbocycles. The lowest BCUT2D eigenvalue weighted by Gasteiger charge is -2.21. The second kappa shape index (κ2) is 8.28. The van der Waals surface area contributed by atoms with Gasteiger partial charge in [0.1, 0.15) is 5.00 Å². The normalized spacial score (nSPS) is 16.2. The lowest BCUT2D eigenvalue weighted by molar-refractivity contribution is -0.150. The Hall–Kier alpha value is -1.89. The van der Waals surface area contributed by atoms with Gasteiger partial charge in [-0.3, -0.25) is 4.79 Å². The van der Waals surface area contributed by atoms with Crippen LogP contribution in [0, 0.1) is 5.92 Å². The van der Waals surface area contributed by atoms with Crippen molar-refractivity contribution in [3.05, 3.63) is 16.0 Å². The molecule has 0 spiro atoms. The van der Waals surface area contributed by atoms with E-state index in [2.05, 4.69) is 17.0 Å². The summed E-state index contributed by atoms with van der Waals surface area (Å²) < 4.78 is 9.56. The molecule has 0 aliphatic heterocycles. The minimum atomic E-state index is -0.986. The van der Waals surface area contributed by atoms with Crippen molar-refractivity contribution >= 4 is 34.2 Å². The van der Waals surface area contributed by atoms with E-state index >= 15 is 0 Å². The van der Waals surface area contributed by atoms with E-state index < -0.39 is 17.8 Å². The first-order valence-electron chi connectivity index (χ1n) is 8.22. The van der Waals surface area contributed by atoms with E-state index in [1.165, 1.54) is 11.3 Å². The molecule has 1 aliphatic carbocycles. The van der Waals surface area contributed by atoms with Crippen molar-refractivity contribution < 1.29 is 23.9 Å². The number of hydrogen-bond donors (Lipinski definition) is 1. The second-order valence-corrected chi connectivity index (χ2v) is 6.88. The van der Waals surface area contributed by atoms with Crippen LogP contribution in [0.4, 0.5) is 5.00 Å². The van der Waals surface area contributed by atoms with Gasteiger partial charge in [0, 0.05) is 4.88 Å². The molecule has 2 rings (SSSR count). The molecule has 0 fully saturated rings. The van der Waals surface area contributed by atoms with Crippen LogP contribution in [-0.4, -0.2) is 31.6 Å². The predicted octanol–water partition coefficient (Wildman–Crippen LogP) is 2.94. The molecule has 1 heterocycles. The Kier molecular flexibility index (Phi) is 6.36. The van der Waals surface area contributed by atoms with Crippen LogP contribution in [0.15, 0.2) is 0 Å². The summed E-state index contributed by atoms with van der Waals surface area (Å²) in [5.74, 6) is -1.73. The number of thiophene rings is 1. The van der Waals surface area contributed by atoms with Gasteiger partial charge in [-0.1, -0.05) is 19.8 Å². The van der Waals surface area contributed by atoms with Crippen LogP contribution in [-0.2, 0) is 31.9 Å². The Morgan fingerprint density at radius 1 is 1.29 bits per heavy atom. The maximum atomic E-state index is 12.3. The van der Waals surface area contributed by atoms with Crippen LogP contribution in [0.2, 0.25) is 0 Å². The summed E-state index contributed by atoms with van der Waals surface area (Å²) in [5, 5.41) is 2.89. The molecular formula is C17H23NO5S. The van der Waals surface area contributed by atoms with Crippen LogP contribution in [0.25, 0.3) is 0 Å². The molecule has 0 bridgehead atoms. The molecule has 1 aromatic rings. The van der Waals surface area contributed by atoms with E-state index in [0.29, 0.717) is 16.5 Å². The van der Waals surface area contributed by atoms with Crippen molar-refractivity contribution in [1.29, 1.82) is 0 Å². The standard InChI is InChI=1S/C17H23NO5S/c1-4-6-10-7-8-11-12(9-10)24-15(13(11)16(20)23-5-2)18-14(19)17(21)22-3/h10H,4-9H2,1-3H3,(H,18,19)/t10-/m1/s1. The first-order chi connectivity index (χ1) is 11.5. The summed E-state index contributed by atoms with van der Waals surface area (Å²) in [7, 11) is 1.14. The first-order valence-corrected chi connectivity index (χ1v) is 9.04. The van der Waals surface area contributed by atoms with Crippen molar-refractivity contribution in [3.8, 4) is 0 Å². The Morgan fingerprint density at radius 2 is 2.04 bits per heavy atom. The molecule has 0 aromatic carbocycles. The molecule has 132 valence electrons. The highest BCUT2D eigenvalue weighted by Crippen LogP contribution is 2.41. The largest absolute Gasteiger partial charge is 0.462 e. The number of anilines is 1. The molecule has 1 aliphatic rings. The average Bonchev–Trinajstić information content (AvgIpc) is 2.91. The topological polar surface area (TPSA) is 81.7 Å². The van der Waals surface area contributed by atoms with Crippen molar-refractivity contribution in [3.63, 3.8) is 0 Å². The van der Waals surface area contributed by atoms with Crippen LogP contribution >= 0.6 is 11.3 Å². The van der Waals surface area contributed by atoms with Gasteiger partial charge in [-0.2, -0.15) is 0 Å². The molecule has 7 heteroatoms. The summed E-state index contributed by atoms with van der Waals surface area (Å²) in [6, 6.07) is 0. The number of rotatable bonds is 5. The number of esters is 2. The molecule has 0 unspecified atom stereocenters. The Labute approximate surface area is 145 Å². The number of ether oxygens (including phenoxy) is 2. The fourth-order valence-corrected chi connectivity index (χ4v) is 4.41. The molecule has 1 atom stereocenters. The SMILES string of the molecule is CCC[C@@H]1CCc2c(sc(NC(=O)C(=O)OC)c2C(=O)OCC)C1. The monoisotopic (exact) mass is 353 g/mol. The van der Waals surface area contributed by atoms with Crippen molar-refractivity contribution in [2.45, 2.75) is 46.0 Å². The number of amides is 1. The maximum absolute atomic E-state index is 12.3. The number of carbonyl (C=O) groups is 3. The number of fused-ring (bicyclic) bond motifs is 1. The van der Waals surface area contributed by atoms with E-state index in [1.807, 2.05) is 0 Å². The van der Waals surface area contributed by atoms with Gasteiger partial charge in [0.25, 0.3) is 0 Å². The molecule has 1 aromatic heterocycles. The van der Waals surface area contributed by atoms with E-state index in [4.69, 9.17) is 4.74 Å². The fourth-order valence-electron chi connectivity index (χ4n) is 3.06. The molecule has 1 amide bonds. The van der Waals surface area contributed by atoms with Gasteiger partial charge in [0.05, 0.1) is 19.3 Å².